The van der Waals surface area contributed by atoms with Crippen LogP contribution in [0.4, 0.5) is 10.1 Å². The molecule has 1 aromatic carbocycles. The average molecular weight is 328 g/mol. The molecule has 2 rings (SSSR count). The van der Waals surface area contributed by atoms with Crippen LogP contribution in [-0.4, -0.2) is 29.3 Å². The van der Waals surface area contributed by atoms with Crippen LogP contribution < -0.4 is 4.90 Å². The molecular formula is C12H7BrFNO4. The molecule has 5 nitrogen and oxygen atoms in total. The van der Waals surface area contributed by atoms with Gasteiger partial charge in [0.1, 0.15) is 5.82 Å². The van der Waals surface area contributed by atoms with Gasteiger partial charge in [0.25, 0.3) is 11.7 Å². The number of nitrogens with zero attached hydrogens (tertiary/aromatic N) is 1. The summed E-state index contributed by atoms with van der Waals surface area (Å²) < 4.78 is 13.4. The Labute approximate surface area is 115 Å². The number of rotatable bonds is 3. The summed E-state index contributed by atoms with van der Waals surface area (Å²) in [7, 11) is 0. The van der Waals surface area contributed by atoms with Crippen molar-refractivity contribution in [3.8, 4) is 0 Å². The Hall–Kier alpha value is -2.02. The molecule has 1 amide bonds. The van der Waals surface area contributed by atoms with Gasteiger partial charge in [-0.25, -0.2) is 9.18 Å². The van der Waals surface area contributed by atoms with E-state index in [0.29, 0.717) is 0 Å². The third kappa shape index (κ3) is 2.17. The van der Waals surface area contributed by atoms with Crippen molar-refractivity contribution in [2.75, 3.05) is 11.4 Å². The van der Waals surface area contributed by atoms with Crippen molar-refractivity contribution in [1.29, 1.82) is 0 Å². The molecule has 0 bridgehead atoms. The molecule has 0 fully saturated rings. The molecule has 98 valence electrons. The lowest BCUT2D eigenvalue weighted by Gasteiger charge is -2.17. The molecule has 0 aliphatic carbocycles. The highest BCUT2D eigenvalue weighted by molar-refractivity contribution is 9.10. The van der Waals surface area contributed by atoms with Crippen LogP contribution in [0.5, 0.6) is 0 Å². The van der Waals surface area contributed by atoms with Crippen LogP contribution in [0.1, 0.15) is 10.4 Å². The average Bonchev–Trinajstić information content (AvgIpc) is 2.54. The molecule has 1 N–H and O–H groups in total. The Morgan fingerprint density at radius 3 is 2.63 bits per heavy atom. The molecule has 19 heavy (non-hydrogen) atoms. The fourth-order valence-electron chi connectivity index (χ4n) is 1.76. The van der Waals surface area contributed by atoms with E-state index in [1.807, 2.05) is 0 Å². The molecule has 1 heterocycles. The largest absolute Gasteiger partial charge is 0.478 e. The Bertz CT molecular complexity index is 641. The molecule has 0 atom stereocenters. The minimum Gasteiger partial charge on any atom is -0.478 e. The SMILES string of the molecule is C=C(CN1C(=O)C(=O)c2cc(F)cc(Br)c21)C(=O)O. The van der Waals surface area contributed by atoms with Gasteiger partial charge in [0.15, 0.2) is 0 Å². The second kappa shape index (κ2) is 4.58. The van der Waals surface area contributed by atoms with Crippen molar-refractivity contribution in [1.82, 2.24) is 0 Å². The molecule has 1 aliphatic rings. The molecule has 0 radical (unpaired) electrons. The number of halogens is 2. The second-order valence-corrected chi connectivity index (χ2v) is 4.77. The third-order valence-electron chi connectivity index (χ3n) is 2.63. The zero-order valence-corrected chi connectivity index (χ0v) is 11.0. The quantitative estimate of drug-likeness (QED) is 0.678. The summed E-state index contributed by atoms with van der Waals surface area (Å²) in [6.07, 6.45) is 0. The number of Topliss-reactive ketones (excluding diaryl/α,β-unsaturated/α-hetero) is 1. The Kier molecular flexibility index (Phi) is 3.23. The van der Waals surface area contributed by atoms with E-state index < -0.39 is 23.5 Å². The number of carbonyl (C=O) groups is 3. The maximum atomic E-state index is 13.2. The van der Waals surface area contributed by atoms with E-state index in [-0.39, 0.29) is 27.8 Å². The number of carboxylic acid groups (broad SMARTS) is 1. The topological polar surface area (TPSA) is 74.7 Å². The Morgan fingerprint density at radius 2 is 2.05 bits per heavy atom. The van der Waals surface area contributed by atoms with Crippen LogP contribution in [0.25, 0.3) is 0 Å². The van der Waals surface area contributed by atoms with E-state index in [1.54, 1.807) is 0 Å². The van der Waals surface area contributed by atoms with Crippen LogP contribution in [0.3, 0.4) is 0 Å². The first-order valence-electron chi connectivity index (χ1n) is 5.09. The van der Waals surface area contributed by atoms with Crippen LogP contribution in [0.2, 0.25) is 0 Å². The zero-order chi connectivity index (χ0) is 14.3. The smallest absolute Gasteiger partial charge is 0.332 e. The summed E-state index contributed by atoms with van der Waals surface area (Å²) in [6.45, 7) is 2.97. The molecule has 1 aromatic rings. The summed E-state index contributed by atoms with van der Waals surface area (Å²) in [4.78, 5) is 35.2. The van der Waals surface area contributed by atoms with Crippen LogP contribution in [0, 0.1) is 5.82 Å². The van der Waals surface area contributed by atoms with Gasteiger partial charge < -0.3 is 5.11 Å². The highest BCUT2D eigenvalue weighted by atomic mass is 79.9. The van der Waals surface area contributed by atoms with Crippen molar-refractivity contribution in [2.24, 2.45) is 0 Å². The molecule has 1 aliphatic heterocycles. The van der Waals surface area contributed by atoms with Gasteiger partial charge in [-0.2, -0.15) is 0 Å². The summed E-state index contributed by atoms with van der Waals surface area (Å²) in [5, 5.41) is 8.76. The number of fused-ring (bicyclic) bond motifs is 1. The number of aliphatic carboxylic acids is 1. The Balaban J connectivity index is 2.50. The minimum atomic E-state index is -1.27. The number of carbonyl (C=O) groups excluding carboxylic acids is 2. The first kappa shape index (κ1) is 13.4. The lowest BCUT2D eigenvalue weighted by atomic mass is 10.1. The second-order valence-electron chi connectivity index (χ2n) is 3.91. The van der Waals surface area contributed by atoms with Crippen molar-refractivity contribution in [2.45, 2.75) is 0 Å². The predicted molar refractivity (Wildman–Crippen MR) is 67.6 cm³/mol. The van der Waals surface area contributed by atoms with Gasteiger partial charge >= 0.3 is 5.97 Å². The zero-order valence-electron chi connectivity index (χ0n) is 9.44. The standard InChI is InChI=1S/C12H7BrFNO4/c1-5(12(18)19)4-15-9-7(10(16)11(15)17)2-6(14)3-8(9)13/h2-3H,1,4H2,(H,18,19). The number of carboxylic acids is 1. The van der Waals surface area contributed by atoms with Gasteiger partial charge in [-0.05, 0) is 28.1 Å². The number of benzene rings is 1. The maximum Gasteiger partial charge on any atom is 0.332 e. The normalized spacial score (nSPS) is 13.7. The first-order chi connectivity index (χ1) is 8.82. The number of hydrogen-bond donors (Lipinski definition) is 1. The van der Waals surface area contributed by atoms with Gasteiger partial charge in [0.05, 0.1) is 17.8 Å². The van der Waals surface area contributed by atoms with E-state index >= 15 is 0 Å². The predicted octanol–water partition coefficient (Wildman–Crippen LogP) is 1.76. The lowest BCUT2D eigenvalue weighted by molar-refractivity contribution is -0.132. The van der Waals surface area contributed by atoms with Crippen molar-refractivity contribution in [3.63, 3.8) is 0 Å². The number of amides is 1. The van der Waals surface area contributed by atoms with Gasteiger partial charge in [-0.15, -0.1) is 0 Å². The van der Waals surface area contributed by atoms with E-state index in [1.165, 1.54) is 0 Å². The van der Waals surface area contributed by atoms with E-state index in [0.717, 1.165) is 17.0 Å². The van der Waals surface area contributed by atoms with Crippen molar-refractivity contribution >= 4 is 39.3 Å². The summed E-state index contributed by atoms with van der Waals surface area (Å²) in [5.74, 6) is -3.70. The first-order valence-corrected chi connectivity index (χ1v) is 5.88. The summed E-state index contributed by atoms with van der Waals surface area (Å²) in [6, 6.07) is 2.05. The highest BCUT2D eigenvalue weighted by Crippen LogP contribution is 2.37. The van der Waals surface area contributed by atoms with Crippen LogP contribution >= 0.6 is 15.9 Å². The van der Waals surface area contributed by atoms with Crippen molar-refractivity contribution < 1.29 is 23.9 Å². The highest BCUT2D eigenvalue weighted by Gasteiger charge is 2.38. The number of ketones is 1. The number of anilines is 1. The van der Waals surface area contributed by atoms with Crippen molar-refractivity contribution in [3.05, 3.63) is 40.1 Å². The molecular weight excluding hydrogens is 321 g/mol. The molecule has 0 aromatic heterocycles. The number of hydrogen-bond acceptors (Lipinski definition) is 3. The van der Waals surface area contributed by atoms with E-state index in [9.17, 15) is 18.8 Å². The fraction of sp³-hybridized carbons (Fsp3) is 0.0833. The molecule has 0 saturated heterocycles. The van der Waals surface area contributed by atoms with E-state index in [4.69, 9.17) is 5.11 Å². The van der Waals surface area contributed by atoms with Gasteiger partial charge in [0, 0.05) is 10.0 Å². The molecule has 0 spiro atoms. The van der Waals surface area contributed by atoms with E-state index in [2.05, 4.69) is 22.5 Å². The molecule has 0 saturated carbocycles. The van der Waals surface area contributed by atoms with Gasteiger partial charge in [-0.3, -0.25) is 14.5 Å². The minimum absolute atomic E-state index is 0.0879. The molecule has 0 unspecified atom stereocenters. The fourth-order valence-corrected chi connectivity index (χ4v) is 2.41. The lowest BCUT2D eigenvalue weighted by Crippen LogP contribution is -2.33. The maximum absolute atomic E-state index is 13.2. The van der Waals surface area contributed by atoms with Gasteiger partial charge in [-0.1, -0.05) is 6.58 Å². The summed E-state index contributed by atoms with van der Waals surface area (Å²) >= 11 is 3.06. The monoisotopic (exact) mass is 327 g/mol. The summed E-state index contributed by atoms with van der Waals surface area (Å²) in [5.41, 5.74) is -0.168. The van der Waals surface area contributed by atoms with Crippen LogP contribution in [0.15, 0.2) is 28.8 Å². The third-order valence-corrected chi connectivity index (χ3v) is 3.24. The van der Waals surface area contributed by atoms with Gasteiger partial charge in [0.2, 0.25) is 0 Å². The molecule has 7 heteroatoms. The van der Waals surface area contributed by atoms with Crippen LogP contribution in [-0.2, 0) is 9.59 Å². The Morgan fingerprint density at radius 1 is 1.42 bits per heavy atom.